The second-order valence-corrected chi connectivity index (χ2v) is 7.38. The second-order valence-electron chi connectivity index (χ2n) is 6.43. The third-order valence-electron chi connectivity index (χ3n) is 4.60. The number of benzene rings is 1. The third kappa shape index (κ3) is 4.61. The van der Waals surface area contributed by atoms with Gasteiger partial charge in [-0.05, 0) is 37.4 Å². The van der Waals surface area contributed by atoms with Gasteiger partial charge in [0.2, 0.25) is 5.91 Å². The van der Waals surface area contributed by atoms with Crippen LogP contribution in [0.15, 0.2) is 29.4 Å². The molecule has 1 saturated heterocycles. The fourth-order valence-electron chi connectivity index (χ4n) is 3.06. The van der Waals surface area contributed by atoms with Crippen molar-refractivity contribution in [2.45, 2.75) is 37.4 Å². The lowest BCUT2D eigenvalue weighted by Crippen LogP contribution is -2.29. The van der Waals surface area contributed by atoms with Crippen molar-refractivity contribution in [3.05, 3.63) is 41.2 Å². The van der Waals surface area contributed by atoms with Crippen LogP contribution in [0.2, 0.25) is 0 Å². The van der Waals surface area contributed by atoms with Crippen molar-refractivity contribution in [3.63, 3.8) is 0 Å². The summed E-state index contributed by atoms with van der Waals surface area (Å²) < 4.78 is 2.02. The molecule has 134 valence electrons. The molecular weight excluding hydrogens is 334 g/mol. The van der Waals surface area contributed by atoms with Crippen LogP contribution in [-0.4, -0.2) is 39.5 Å². The van der Waals surface area contributed by atoms with Gasteiger partial charge in [0.15, 0.2) is 5.16 Å². The Morgan fingerprint density at radius 2 is 2.24 bits per heavy atom. The Balaban J connectivity index is 1.50. The number of rotatable bonds is 6. The van der Waals surface area contributed by atoms with E-state index in [2.05, 4.69) is 33.8 Å². The Bertz CT molecular complexity index is 724. The van der Waals surface area contributed by atoms with Crippen molar-refractivity contribution in [2.24, 2.45) is 7.05 Å². The maximum absolute atomic E-state index is 12.1. The monoisotopic (exact) mass is 359 g/mol. The molecule has 25 heavy (non-hydrogen) atoms. The number of carbonyl (C=O) groups excluding carboxylic acids is 1. The molecule has 1 fully saturated rings. The Morgan fingerprint density at radius 1 is 1.40 bits per heavy atom. The zero-order chi connectivity index (χ0) is 17.6. The van der Waals surface area contributed by atoms with Gasteiger partial charge in [0.25, 0.3) is 0 Å². The van der Waals surface area contributed by atoms with Crippen molar-refractivity contribution in [3.8, 4) is 0 Å². The molecule has 0 saturated carbocycles. The van der Waals surface area contributed by atoms with Crippen molar-refractivity contribution >= 4 is 17.7 Å². The summed E-state index contributed by atoms with van der Waals surface area (Å²) in [5.41, 5.74) is 2.33. The lowest BCUT2D eigenvalue weighted by molar-refractivity contribution is -0.118. The number of nitrogens with one attached hydrogen (secondary N) is 2. The van der Waals surface area contributed by atoms with E-state index in [9.17, 15) is 4.79 Å². The molecule has 1 aliphatic rings. The topological polar surface area (TPSA) is 71.8 Å². The summed E-state index contributed by atoms with van der Waals surface area (Å²) in [5.74, 6) is 1.78. The number of nitrogens with zero attached hydrogens (tertiary/aromatic N) is 3. The van der Waals surface area contributed by atoms with E-state index in [0.29, 0.717) is 18.2 Å². The highest BCUT2D eigenvalue weighted by atomic mass is 32.2. The number of thioether (sulfide) groups is 1. The number of hydrogen-bond acceptors (Lipinski definition) is 5. The minimum atomic E-state index is 0.0112. The second kappa shape index (κ2) is 8.49. The molecule has 2 aromatic rings. The van der Waals surface area contributed by atoms with E-state index in [1.165, 1.54) is 23.7 Å². The molecule has 0 aliphatic carbocycles. The van der Waals surface area contributed by atoms with Gasteiger partial charge in [-0.2, -0.15) is 0 Å². The molecule has 0 radical (unpaired) electrons. The Labute approximate surface area is 152 Å². The van der Waals surface area contributed by atoms with Crippen molar-refractivity contribution in [1.82, 2.24) is 25.4 Å². The fourth-order valence-corrected chi connectivity index (χ4v) is 3.81. The van der Waals surface area contributed by atoms with E-state index in [1.54, 1.807) is 0 Å². The van der Waals surface area contributed by atoms with E-state index in [-0.39, 0.29) is 5.91 Å². The van der Waals surface area contributed by atoms with E-state index < -0.39 is 0 Å². The minimum Gasteiger partial charge on any atom is -0.351 e. The van der Waals surface area contributed by atoms with E-state index in [0.717, 1.165) is 36.1 Å². The van der Waals surface area contributed by atoms with Crippen LogP contribution in [0, 0.1) is 6.92 Å². The SMILES string of the molecule is Cc1ccccc1CNC(=O)CSc1nnc([C@H]2CCCNC2)n1C. The van der Waals surface area contributed by atoms with Gasteiger partial charge in [-0.25, -0.2) is 0 Å². The fraction of sp³-hybridized carbons (Fsp3) is 0.500. The molecule has 3 rings (SSSR count). The zero-order valence-electron chi connectivity index (χ0n) is 14.8. The number of carbonyl (C=O) groups is 1. The van der Waals surface area contributed by atoms with E-state index in [4.69, 9.17) is 0 Å². The average molecular weight is 359 g/mol. The van der Waals surface area contributed by atoms with Crippen LogP contribution >= 0.6 is 11.8 Å². The molecular formula is C18H25N5OS. The van der Waals surface area contributed by atoms with Gasteiger partial charge < -0.3 is 15.2 Å². The van der Waals surface area contributed by atoms with E-state index >= 15 is 0 Å². The molecule has 7 heteroatoms. The molecule has 2 heterocycles. The van der Waals surface area contributed by atoms with Crippen LogP contribution in [0.1, 0.15) is 35.7 Å². The molecule has 1 aromatic carbocycles. The minimum absolute atomic E-state index is 0.0112. The summed E-state index contributed by atoms with van der Waals surface area (Å²) in [4.78, 5) is 12.1. The number of hydrogen-bond donors (Lipinski definition) is 2. The molecule has 6 nitrogen and oxygen atoms in total. The Kier molecular flexibility index (Phi) is 6.09. The molecule has 0 bridgehead atoms. The highest BCUT2D eigenvalue weighted by Crippen LogP contribution is 2.24. The van der Waals surface area contributed by atoms with Crippen LogP contribution in [-0.2, 0) is 18.4 Å². The summed E-state index contributed by atoms with van der Waals surface area (Å²) in [7, 11) is 1.98. The van der Waals surface area contributed by atoms with Gasteiger partial charge in [0, 0.05) is 26.1 Å². The summed E-state index contributed by atoms with van der Waals surface area (Å²) in [6.07, 6.45) is 2.31. The van der Waals surface area contributed by atoms with Crippen LogP contribution in [0.25, 0.3) is 0 Å². The molecule has 0 unspecified atom stereocenters. The normalized spacial score (nSPS) is 17.4. The van der Waals surface area contributed by atoms with E-state index in [1.807, 2.05) is 29.8 Å². The summed E-state index contributed by atoms with van der Waals surface area (Å²) in [5, 5.41) is 15.8. The van der Waals surface area contributed by atoms with Gasteiger partial charge in [-0.1, -0.05) is 36.0 Å². The maximum atomic E-state index is 12.1. The highest BCUT2D eigenvalue weighted by Gasteiger charge is 2.22. The summed E-state index contributed by atoms with van der Waals surface area (Å²) in [6, 6.07) is 8.09. The van der Waals surface area contributed by atoms with Crippen molar-refractivity contribution < 1.29 is 4.79 Å². The lowest BCUT2D eigenvalue weighted by Gasteiger charge is -2.21. The van der Waals surface area contributed by atoms with Crippen LogP contribution in [0.3, 0.4) is 0 Å². The summed E-state index contributed by atoms with van der Waals surface area (Å²) in [6.45, 7) is 4.64. The van der Waals surface area contributed by atoms with Gasteiger partial charge in [-0.3, -0.25) is 4.79 Å². The lowest BCUT2D eigenvalue weighted by atomic mass is 9.99. The van der Waals surface area contributed by atoms with Crippen LogP contribution in [0.5, 0.6) is 0 Å². The smallest absolute Gasteiger partial charge is 0.230 e. The van der Waals surface area contributed by atoms with Crippen LogP contribution in [0.4, 0.5) is 0 Å². The predicted octanol–water partition coefficient (Wildman–Crippen LogP) is 2.00. The highest BCUT2D eigenvalue weighted by molar-refractivity contribution is 7.99. The molecule has 1 aromatic heterocycles. The van der Waals surface area contributed by atoms with Gasteiger partial charge >= 0.3 is 0 Å². The number of aryl methyl sites for hydroxylation is 1. The third-order valence-corrected chi connectivity index (χ3v) is 5.62. The molecule has 2 N–H and O–H groups in total. The van der Waals surface area contributed by atoms with Gasteiger partial charge in [0.1, 0.15) is 5.82 Å². The number of piperidine rings is 1. The largest absolute Gasteiger partial charge is 0.351 e. The molecule has 1 atom stereocenters. The molecule has 1 amide bonds. The first-order valence-electron chi connectivity index (χ1n) is 8.69. The van der Waals surface area contributed by atoms with Gasteiger partial charge in [0.05, 0.1) is 5.75 Å². The Hall–Kier alpha value is -1.86. The summed E-state index contributed by atoms with van der Waals surface area (Å²) >= 11 is 1.44. The van der Waals surface area contributed by atoms with Gasteiger partial charge in [-0.15, -0.1) is 10.2 Å². The van der Waals surface area contributed by atoms with Crippen LogP contribution < -0.4 is 10.6 Å². The number of amides is 1. The van der Waals surface area contributed by atoms with Crippen molar-refractivity contribution in [1.29, 1.82) is 0 Å². The molecule has 1 aliphatic heterocycles. The molecule has 0 spiro atoms. The zero-order valence-corrected chi connectivity index (χ0v) is 15.6. The maximum Gasteiger partial charge on any atom is 0.230 e. The number of aromatic nitrogens is 3. The quantitative estimate of drug-likeness (QED) is 0.772. The standard InChI is InChI=1S/C18H25N5OS/c1-13-6-3-4-7-14(13)11-20-16(24)12-25-18-22-21-17(23(18)2)15-8-5-9-19-10-15/h3-4,6-7,15,19H,5,8-12H2,1-2H3,(H,20,24)/t15-/m0/s1. The first-order chi connectivity index (χ1) is 12.1. The average Bonchev–Trinajstić information content (AvgIpc) is 3.00. The first kappa shape index (κ1) is 17.9. The predicted molar refractivity (Wildman–Crippen MR) is 99.6 cm³/mol. The van der Waals surface area contributed by atoms with Crippen molar-refractivity contribution in [2.75, 3.05) is 18.8 Å². The Morgan fingerprint density at radius 3 is 3.00 bits per heavy atom. The first-order valence-corrected chi connectivity index (χ1v) is 9.67.